The molecular formula is C26H25N. The van der Waals surface area contributed by atoms with Crippen molar-refractivity contribution in [1.29, 1.82) is 0 Å². The lowest BCUT2D eigenvalue weighted by Crippen LogP contribution is -2.10. The number of benzene rings is 4. The topological polar surface area (TPSA) is 3.24 Å². The summed E-state index contributed by atoms with van der Waals surface area (Å²) in [5.74, 6) is 0.532. The van der Waals surface area contributed by atoms with Crippen LogP contribution in [-0.4, -0.2) is 0 Å². The highest BCUT2D eigenvalue weighted by Crippen LogP contribution is 2.39. The van der Waals surface area contributed by atoms with Crippen molar-refractivity contribution in [2.75, 3.05) is 4.90 Å². The largest absolute Gasteiger partial charge is 0.310 e. The fourth-order valence-corrected chi connectivity index (χ4v) is 3.53. The first-order valence-electron chi connectivity index (χ1n) is 9.58. The molecule has 0 unspecified atom stereocenters. The van der Waals surface area contributed by atoms with Crippen LogP contribution in [0, 0.1) is 6.92 Å². The van der Waals surface area contributed by atoms with Gasteiger partial charge in [-0.1, -0.05) is 80.1 Å². The van der Waals surface area contributed by atoms with E-state index < -0.39 is 0 Å². The molecule has 1 nitrogen and oxygen atoms in total. The summed E-state index contributed by atoms with van der Waals surface area (Å²) in [6, 6.07) is 32.8. The summed E-state index contributed by atoms with van der Waals surface area (Å²) in [4.78, 5) is 2.35. The van der Waals surface area contributed by atoms with Crippen molar-refractivity contribution in [3.63, 3.8) is 0 Å². The van der Waals surface area contributed by atoms with Gasteiger partial charge in [-0.05, 0) is 54.1 Å². The van der Waals surface area contributed by atoms with Gasteiger partial charge in [-0.3, -0.25) is 0 Å². The van der Waals surface area contributed by atoms with Crippen molar-refractivity contribution in [3.8, 4) is 0 Å². The highest BCUT2D eigenvalue weighted by molar-refractivity contribution is 5.98. The van der Waals surface area contributed by atoms with E-state index in [1.165, 1.54) is 39.0 Å². The van der Waals surface area contributed by atoms with Crippen LogP contribution < -0.4 is 4.90 Å². The lowest BCUT2D eigenvalue weighted by molar-refractivity contribution is 0.866. The van der Waals surface area contributed by atoms with Crippen molar-refractivity contribution in [2.45, 2.75) is 26.7 Å². The monoisotopic (exact) mass is 351 g/mol. The van der Waals surface area contributed by atoms with Crippen LogP contribution in [0.25, 0.3) is 10.8 Å². The smallest absolute Gasteiger partial charge is 0.0540 e. The first-order chi connectivity index (χ1) is 13.1. The van der Waals surface area contributed by atoms with E-state index >= 15 is 0 Å². The molecule has 1 heteroatoms. The van der Waals surface area contributed by atoms with Gasteiger partial charge in [-0.15, -0.1) is 0 Å². The number of aryl methyl sites for hydroxylation is 1. The molecule has 0 aliphatic rings. The molecule has 27 heavy (non-hydrogen) atoms. The van der Waals surface area contributed by atoms with Crippen molar-refractivity contribution >= 4 is 27.8 Å². The second-order valence-electron chi connectivity index (χ2n) is 7.42. The molecular weight excluding hydrogens is 326 g/mol. The van der Waals surface area contributed by atoms with E-state index in [9.17, 15) is 0 Å². The fourth-order valence-electron chi connectivity index (χ4n) is 3.53. The molecule has 0 radical (unpaired) electrons. The number of anilines is 3. The van der Waals surface area contributed by atoms with Gasteiger partial charge in [0.05, 0.1) is 5.69 Å². The first-order valence-corrected chi connectivity index (χ1v) is 9.58. The van der Waals surface area contributed by atoms with E-state index in [2.05, 4.69) is 117 Å². The number of nitrogens with zero attached hydrogens (tertiary/aromatic N) is 1. The Morgan fingerprint density at radius 1 is 0.630 bits per heavy atom. The average Bonchev–Trinajstić information content (AvgIpc) is 2.70. The summed E-state index contributed by atoms with van der Waals surface area (Å²) in [6.07, 6.45) is 0. The van der Waals surface area contributed by atoms with Gasteiger partial charge in [0.25, 0.3) is 0 Å². The van der Waals surface area contributed by atoms with Crippen LogP contribution in [0.4, 0.5) is 17.1 Å². The minimum Gasteiger partial charge on any atom is -0.310 e. The molecule has 4 aromatic carbocycles. The zero-order valence-electron chi connectivity index (χ0n) is 16.2. The molecule has 0 aliphatic carbocycles. The van der Waals surface area contributed by atoms with Gasteiger partial charge in [-0.2, -0.15) is 0 Å². The molecule has 4 rings (SSSR count). The predicted molar refractivity (Wildman–Crippen MR) is 117 cm³/mol. The molecule has 0 aliphatic heterocycles. The number of hydrogen-bond donors (Lipinski definition) is 0. The van der Waals surface area contributed by atoms with E-state index in [0.29, 0.717) is 5.92 Å². The van der Waals surface area contributed by atoms with E-state index in [4.69, 9.17) is 0 Å². The zero-order chi connectivity index (χ0) is 18.8. The molecule has 0 aromatic heterocycles. The van der Waals surface area contributed by atoms with Gasteiger partial charge in [0, 0.05) is 16.8 Å². The van der Waals surface area contributed by atoms with Crippen LogP contribution in [0.2, 0.25) is 0 Å². The number of fused-ring (bicyclic) bond motifs is 1. The summed E-state index contributed by atoms with van der Waals surface area (Å²) >= 11 is 0. The van der Waals surface area contributed by atoms with Crippen LogP contribution in [0.5, 0.6) is 0 Å². The maximum absolute atomic E-state index is 2.35. The average molecular weight is 351 g/mol. The van der Waals surface area contributed by atoms with Crippen LogP contribution in [0.1, 0.15) is 30.9 Å². The minimum atomic E-state index is 0.532. The second-order valence-corrected chi connectivity index (χ2v) is 7.42. The van der Waals surface area contributed by atoms with Gasteiger partial charge in [0.2, 0.25) is 0 Å². The number of hydrogen-bond acceptors (Lipinski definition) is 1. The maximum Gasteiger partial charge on any atom is 0.0540 e. The lowest BCUT2D eigenvalue weighted by atomic mass is 10.0. The van der Waals surface area contributed by atoms with Crippen molar-refractivity contribution in [2.24, 2.45) is 0 Å². The van der Waals surface area contributed by atoms with Gasteiger partial charge < -0.3 is 4.90 Å². The Morgan fingerprint density at radius 2 is 1.22 bits per heavy atom. The molecule has 134 valence electrons. The summed E-state index contributed by atoms with van der Waals surface area (Å²) < 4.78 is 0. The molecule has 4 aromatic rings. The maximum atomic E-state index is 2.35. The quantitative estimate of drug-likeness (QED) is 0.363. The predicted octanol–water partition coefficient (Wildman–Crippen LogP) is 7.74. The Hall–Kier alpha value is -3.06. The van der Waals surface area contributed by atoms with Crippen LogP contribution in [0.15, 0.2) is 91.0 Å². The van der Waals surface area contributed by atoms with Gasteiger partial charge in [0.15, 0.2) is 0 Å². The molecule has 0 bridgehead atoms. The third kappa shape index (κ3) is 3.46. The third-order valence-corrected chi connectivity index (χ3v) is 5.12. The first kappa shape index (κ1) is 17.4. The normalized spacial score (nSPS) is 11.1. The molecule has 0 saturated carbocycles. The Bertz CT molecular complexity index is 1040. The number of rotatable bonds is 4. The van der Waals surface area contributed by atoms with Crippen LogP contribution in [0.3, 0.4) is 0 Å². The lowest BCUT2D eigenvalue weighted by Gasteiger charge is -2.27. The van der Waals surface area contributed by atoms with E-state index in [1.807, 2.05) is 0 Å². The van der Waals surface area contributed by atoms with Gasteiger partial charge in [0.1, 0.15) is 0 Å². The van der Waals surface area contributed by atoms with Crippen LogP contribution >= 0.6 is 0 Å². The summed E-state index contributed by atoms with van der Waals surface area (Å²) in [5, 5.41) is 2.51. The SMILES string of the molecule is Cc1ccc(N(c2ccc(C(C)C)cc2)c2cccc3ccccc23)cc1. The highest BCUT2D eigenvalue weighted by atomic mass is 15.1. The minimum absolute atomic E-state index is 0.532. The summed E-state index contributed by atoms with van der Waals surface area (Å²) in [6.45, 7) is 6.60. The summed E-state index contributed by atoms with van der Waals surface area (Å²) in [5.41, 5.74) is 6.19. The van der Waals surface area contributed by atoms with E-state index in [1.54, 1.807) is 0 Å². The molecule has 0 heterocycles. The zero-order valence-corrected chi connectivity index (χ0v) is 16.2. The Balaban J connectivity index is 1.91. The molecule has 0 saturated heterocycles. The molecule has 0 N–H and O–H groups in total. The Labute approximate surface area is 161 Å². The molecule has 0 fully saturated rings. The standard InChI is InChI=1S/C26H25N/c1-19(2)21-13-17-24(18-14-21)27(23-15-11-20(3)12-16-23)26-10-6-8-22-7-4-5-9-25(22)26/h4-19H,1-3H3. The second kappa shape index (κ2) is 7.28. The third-order valence-electron chi connectivity index (χ3n) is 5.12. The Morgan fingerprint density at radius 3 is 1.89 bits per heavy atom. The van der Waals surface area contributed by atoms with Gasteiger partial charge >= 0.3 is 0 Å². The molecule has 0 amide bonds. The molecule has 0 atom stereocenters. The van der Waals surface area contributed by atoms with E-state index in [-0.39, 0.29) is 0 Å². The van der Waals surface area contributed by atoms with Gasteiger partial charge in [-0.25, -0.2) is 0 Å². The molecule has 0 spiro atoms. The van der Waals surface area contributed by atoms with Crippen molar-refractivity contribution < 1.29 is 0 Å². The van der Waals surface area contributed by atoms with Crippen LogP contribution in [-0.2, 0) is 0 Å². The summed E-state index contributed by atoms with van der Waals surface area (Å²) in [7, 11) is 0. The highest BCUT2D eigenvalue weighted by Gasteiger charge is 2.15. The van der Waals surface area contributed by atoms with Crippen molar-refractivity contribution in [3.05, 3.63) is 102 Å². The van der Waals surface area contributed by atoms with Crippen molar-refractivity contribution in [1.82, 2.24) is 0 Å². The Kier molecular flexibility index (Phi) is 4.68. The van der Waals surface area contributed by atoms with E-state index in [0.717, 1.165) is 0 Å². The fraction of sp³-hybridized carbons (Fsp3) is 0.154.